The minimum atomic E-state index is -0.766. The molecule has 74 valence electrons. The lowest BCUT2D eigenvalue weighted by Gasteiger charge is -1.85. The van der Waals surface area contributed by atoms with Gasteiger partial charge in [0.1, 0.15) is 0 Å². The van der Waals surface area contributed by atoms with Crippen molar-refractivity contribution in [1.29, 1.82) is 0 Å². The molecule has 0 atom stereocenters. The van der Waals surface area contributed by atoms with E-state index in [0.717, 1.165) is 4.88 Å². The Kier molecular flexibility index (Phi) is 4.96. The molecule has 2 rings (SSSR count). The molecule has 0 aliphatic heterocycles. The molecule has 14 heavy (non-hydrogen) atoms. The molecule has 2 aromatic heterocycles. The molecule has 2 nitrogen and oxygen atoms in total. The van der Waals surface area contributed by atoms with Crippen LogP contribution in [0.2, 0.25) is 0 Å². The van der Waals surface area contributed by atoms with Gasteiger partial charge in [-0.1, -0.05) is 18.2 Å². The zero-order chi connectivity index (χ0) is 10.2. The molecule has 0 unspecified atom stereocenters. The third kappa shape index (κ3) is 4.79. The van der Waals surface area contributed by atoms with E-state index in [4.69, 9.17) is 5.11 Å². The first kappa shape index (κ1) is 10.9. The Morgan fingerprint density at radius 3 is 2.29 bits per heavy atom. The Bertz CT molecular complexity index is 321. The standard InChI is InChI=1S/C6H6O2S.C4H4S/c7-6(8)4-5-2-1-3-9-5;1-2-4-5-3-1/h1-3H,4H2,(H,7,8);1-4H. The van der Waals surface area contributed by atoms with E-state index < -0.39 is 5.97 Å². The highest BCUT2D eigenvalue weighted by molar-refractivity contribution is 7.10. The molecular weight excluding hydrogens is 216 g/mol. The van der Waals surface area contributed by atoms with Crippen molar-refractivity contribution >= 4 is 28.6 Å². The molecule has 0 amide bonds. The number of carboxylic acids is 1. The van der Waals surface area contributed by atoms with Crippen molar-refractivity contribution in [3.05, 3.63) is 45.3 Å². The minimum Gasteiger partial charge on any atom is -0.481 e. The van der Waals surface area contributed by atoms with Crippen molar-refractivity contribution in [3.8, 4) is 0 Å². The molecule has 0 saturated carbocycles. The molecule has 0 aromatic carbocycles. The third-order valence-electron chi connectivity index (χ3n) is 1.33. The number of hydrogen-bond donors (Lipinski definition) is 1. The molecule has 0 aliphatic carbocycles. The molecule has 1 N–H and O–H groups in total. The number of carbonyl (C=O) groups is 1. The fourth-order valence-electron chi connectivity index (χ4n) is 0.789. The van der Waals surface area contributed by atoms with Crippen molar-refractivity contribution in [3.63, 3.8) is 0 Å². The van der Waals surface area contributed by atoms with Crippen molar-refractivity contribution < 1.29 is 9.90 Å². The lowest BCUT2D eigenvalue weighted by Crippen LogP contribution is -1.96. The van der Waals surface area contributed by atoms with Crippen LogP contribution < -0.4 is 0 Å². The number of rotatable bonds is 2. The zero-order valence-electron chi connectivity index (χ0n) is 7.42. The predicted octanol–water partition coefficient (Wildman–Crippen LogP) is 3.12. The molecule has 0 saturated heterocycles. The molecule has 0 bridgehead atoms. The molecule has 0 spiro atoms. The zero-order valence-corrected chi connectivity index (χ0v) is 9.05. The van der Waals surface area contributed by atoms with Crippen LogP contribution in [0.5, 0.6) is 0 Å². The summed E-state index contributed by atoms with van der Waals surface area (Å²) in [5.41, 5.74) is 0. The van der Waals surface area contributed by atoms with E-state index in [2.05, 4.69) is 0 Å². The summed E-state index contributed by atoms with van der Waals surface area (Å²) in [5.74, 6) is -0.766. The van der Waals surface area contributed by atoms with Gasteiger partial charge in [-0.2, -0.15) is 11.3 Å². The van der Waals surface area contributed by atoms with Gasteiger partial charge in [-0.3, -0.25) is 4.79 Å². The van der Waals surface area contributed by atoms with Gasteiger partial charge in [-0.25, -0.2) is 0 Å². The quantitative estimate of drug-likeness (QED) is 0.854. The second-order valence-electron chi connectivity index (χ2n) is 2.44. The van der Waals surface area contributed by atoms with Gasteiger partial charge in [0.25, 0.3) is 0 Å². The van der Waals surface area contributed by atoms with E-state index in [0.29, 0.717) is 0 Å². The molecule has 2 heterocycles. The van der Waals surface area contributed by atoms with Crippen LogP contribution in [-0.4, -0.2) is 11.1 Å². The normalized spacial score (nSPS) is 8.86. The van der Waals surface area contributed by atoms with Gasteiger partial charge in [0.15, 0.2) is 0 Å². The van der Waals surface area contributed by atoms with Crippen LogP contribution in [0.1, 0.15) is 4.88 Å². The van der Waals surface area contributed by atoms with Gasteiger partial charge in [-0.05, 0) is 22.2 Å². The van der Waals surface area contributed by atoms with E-state index >= 15 is 0 Å². The molecule has 0 aliphatic rings. The SMILES string of the molecule is O=C(O)Cc1cccs1.c1ccsc1. The first-order valence-corrected chi connectivity index (χ1v) is 5.82. The van der Waals surface area contributed by atoms with Gasteiger partial charge in [0.2, 0.25) is 0 Å². The average molecular weight is 226 g/mol. The summed E-state index contributed by atoms with van der Waals surface area (Å²) >= 11 is 3.18. The first-order valence-electron chi connectivity index (χ1n) is 4.00. The molecule has 0 fully saturated rings. The second kappa shape index (κ2) is 6.34. The van der Waals surface area contributed by atoms with Crippen molar-refractivity contribution in [1.82, 2.24) is 0 Å². The Morgan fingerprint density at radius 1 is 1.21 bits per heavy atom. The van der Waals surface area contributed by atoms with E-state index in [1.54, 1.807) is 11.3 Å². The minimum absolute atomic E-state index is 0.150. The molecule has 4 heteroatoms. The van der Waals surface area contributed by atoms with Crippen molar-refractivity contribution in [2.24, 2.45) is 0 Å². The van der Waals surface area contributed by atoms with Crippen molar-refractivity contribution in [2.75, 3.05) is 0 Å². The van der Waals surface area contributed by atoms with Crippen LogP contribution >= 0.6 is 22.7 Å². The van der Waals surface area contributed by atoms with Crippen LogP contribution in [0.25, 0.3) is 0 Å². The monoisotopic (exact) mass is 226 g/mol. The lowest BCUT2D eigenvalue weighted by atomic mass is 10.3. The van der Waals surface area contributed by atoms with E-state index in [1.165, 1.54) is 11.3 Å². The van der Waals surface area contributed by atoms with E-state index in [9.17, 15) is 4.79 Å². The number of thiophene rings is 2. The largest absolute Gasteiger partial charge is 0.481 e. The highest BCUT2D eigenvalue weighted by atomic mass is 32.1. The van der Waals surface area contributed by atoms with Crippen LogP contribution in [0, 0.1) is 0 Å². The Morgan fingerprint density at radius 2 is 1.93 bits per heavy atom. The summed E-state index contributed by atoms with van der Waals surface area (Å²) in [7, 11) is 0. The Hall–Kier alpha value is -1.13. The van der Waals surface area contributed by atoms with Crippen molar-refractivity contribution in [2.45, 2.75) is 6.42 Å². The smallest absolute Gasteiger partial charge is 0.308 e. The second-order valence-corrected chi connectivity index (χ2v) is 4.29. The van der Waals surface area contributed by atoms with Gasteiger partial charge >= 0.3 is 5.97 Å². The number of hydrogen-bond acceptors (Lipinski definition) is 3. The molecular formula is C10H10O2S2. The summed E-state index contributed by atoms with van der Waals surface area (Å²) in [6.45, 7) is 0. The molecule has 2 aromatic rings. The van der Waals surface area contributed by atoms with Crippen LogP contribution in [0.3, 0.4) is 0 Å². The number of carboxylic acid groups (broad SMARTS) is 1. The lowest BCUT2D eigenvalue weighted by molar-refractivity contribution is -0.136. The maximum Gasteiger partial charge on any atom is 0.308 e. The van der Waals surface area contributed by atoms with Crippen LogP contribution in [0.4, 0.5) is 0 Å². The highest BCUT2D eigenvalue weighted by Gasteiger charge is 1.98. The summed E-state index contributed by atoms with van der Waals surface area (Å²) in [6, 6.07) is 7.71. The topological polar surface area (TPSA) is 37.3 Å². The third-order valence-corrected chi connectivity index (χ3v) is 2.84. The fraction of sp³-hybridized carbons (Fsp3) is 0.100. The van der Waals surface area contributed by atoms with Gasteiger partial charge in [0, 0.05) is 4.88 Å². The summed E-state index contributed by atoms with van der Waals surface area (Å²) in [4.78, 5) is 11.0. The van der Waals surface area contributed by atoms with Gasteiger partial charge in [-0.15, -0.1) is 11.3 Å². The summed E-state index contributed by atoms with van der Waals surface area (Å²) in [6.07, 6.45) is 0.150. The highest BCUT2D eigenvalue weighted by Crippen LogP contribution is 2.08. The first-order chi connectivity index (χ1) is 6.79. The van der Waals surface area contributed by atoms with E-state index in [-0.39, 0.29) is 6.42 Å². The predicted molar refractivity (Wildman–Crippen MR) is 60.0 cm³/mol. The summed E-state index contributed by atoms with van der Waals surface area (Å²) < 4.78 is 0. The van der Waals surface area contributed by atoms with Gasteiger partial charge in [0.05, 0.1) is 6.42 Å². The maximum absolute atomic E-state index is 10.1. The number of aliphatic carboxylic acids is 1. The Balaban J connectivity index is 0.000000165. The average Bonchev–Trinajstić information content (AvgIpc) is 2.75. The van der Waals surface area contributed by atoms with Gasteiger partial charge < -0.3 is 5.11 Å². The molecule has 0 radical (unpaired) electrons. The maximum atomic E-state index is 10.1. The van der Waals surface area contributed by atoms with E-state index in [1.807, 2.05) is 40.4 Å². The fourth-order valence-corrected chi connectivity index (χ4v) is 1.94. The van der Waals surface area contributed by atoms with Crippen LogP contribution in [0.15, 0.2) is 40.4 Å². The van der Waals surface area contributed by atoms with Crippen LogP contribution in [-0.2, 0) is 11.2 Å². The Labute approximate surface area is 90.5 Å². The summed E-state index contributed by atoms with van der Waals surface area (Å²) in [5, 5.41) is 14.2.